The van der Waals surface area contributed by atoms with E-state index in [1.165, 1.54) is 11.3 Å². The van der Waals surface area contributed by atoms with Crippen LogP contribution in [0.4, 0.5) is 0 Å². The lowest BCUT2D eigenvalue weighted by molar-refractivity contribution is -0.120. The second-order valence-corrected chi connectivity index (χ2v) is 6.67. The second kappa shape index (κ2) is 5.37. The zero-order valence-corrected chi connectivity index (χ0v) is 11.4. The molecule has 82 valence electrons. The van der Waals surface area contributed by atoms with Gasteiger partial charge in [0.25, 0.3) is 0 Å². The Morgan fingerprint density at radius 3 is 3.13 bits per heavy atom. The average Bonchev–Trinajstić information content (AvgIpc) is 2.84. The van der Waals surface area contributed by atoms with Crippen LogP contribution in [0.1, 0.15) is 17.7 Å². The van der Waals surface area contributed by atoms with Crippen LogP contribution in [0.25, 0.3) is 0 Å². The number of rotatable bonds is 3. The van der Waals surface area contributed by atoms with Crippen LogP contribution in [-0.4, -0.2) is 16.9 Å². The molecule has 1 saturated heterocycles. The fraction of sp³-hybridized carbons (Fsp3) is 0.500. The molecule has 1 aliphatic rings. The molecule has 0 aliphatic carbocycles. The first-order valence-electron chi connectivity index (χ1n) is 4.88. The molecule has 0 aromatic carbocycles. The van der Waals surface area contributed by atoms with Crippen LogP contribution in [0.15, 0.2) is 15.9 Å². The van der Waals surface area contributed by atoms with Gasteiger partial charge in [-0.3, -0.25) is 4.79 Å². The lowest BCUT2D eigenvalue weighted by Gasteiger charge is -2.08. The van der Waals surface area contributed by atoms with Crippen LogP contribution in [0.5, 0.6) is 0 Å². The first kappa shape index (κ1) is 11.5. The van der Waals surface area contributed by atoms with E-state index in [0.29, 0.717) is 6.54 Å². The maximum atomic E-state index is 11.7. The molecule has 2 rings (SSSR count). The van der Waals surface area contributed by atoms with E-state index in [0.717, 1.165) is 16.6 Å². The summed E-state index contributed by atoms with van der Waals surface area (Å²) in [7, 11) is 0. The summed E-state index contributed by atoms with van der Waals surface area (Å²) in [6.07, 6.45) is 2.21. The van der Waals surface area contributed by atoms with Gasteiger partial charge < -0.3 is 5.32 Å². The van der Waals surface area contributed by atoms with Crippen molar-refractivity contribution in [2.24, 2.45) is 0 Å². The van der Waals surface area contributed by atoms with E-state index < -0.39 is 0 Å². The summed E-state index contributed by atoms with van der Waals surface area (Å²) in [5.41, 5.74) is 0. The molecule has 1 fully saturated rings. The van der Waals surface area contributed by atoms with Gasteiger partial charge in [0.1, 0.15) is 0 Å². The van der Waals surface area contributed by atoms with Gasteiger partial charge in [0.05, 0.1) is 11.8 Å². The molecule has 1 aromatic rings. The molecule has 2 heterocycles. The number of thioether (sulfide) groups is 1. The molecule has 0 spiro atoms. The van der Waals surface area contributed by atoms with Crippen LogP contribution in [0.2, 0.25) is 0 Å². The highest BCUT2D eigenvalue weighted by Gasteiger charge is 2.22. The highest BCUT2D eigenvalue weighted by atomic mass is 79.9. The van der Waals surface area contributed by atoms with E-state index in [9.17, 15) is 4.79 Å². The summed E-state index contributed by atoms with van der Waals surface area (Å²) >= 11 is 6.84. The molecule has 1 amide bonds. The van der Waals surface area contributed by atoms with Gasteiger partial charge in [0.2, 0.25) is 5.91 Å². The van der Waals surface area contributed by atoms with Crippen molar-refractivity contribution in [2.45, 2.75) is 24.6 Å². The molecular formula is C10H12BrNOS2. The van der Waals surface area contributed by atoms with E-state index in [-0.39, 0.29) is 11.2 Å². The number of nitrogens with one attached hydrogen (secondary N) is 1. The van der Waals surface area contributed by atoms with E-state index >= 15 is 0 Å². The second-order valence-electron chi connectivity index (χ2n) is 3.45. The molecule has 0 bridgehead atoms. The molecule has 2 nitrogen and oxygen atoms in total. The zero-order valence-electron chi connectivity index (χ0n) is 8.16. The summed E-state index contributed by atoms with van der Waals surface area (Å²) in [4.78, 5) is 12.9. The van der Waals surface area contributed by atoms with Crippen LogP contribution in [0.3, 0.4) is 0 Å². The molecule has 0 saturated carbocycles. The van der Waals surface area contributed by atoms with Gasteiger partial charge in [-0.2, -0.15) is 0 Å². The number of halogens is 1. The Balaban J connectivity index is 1.80. The monoisotopic (exact) mass is 305 g/mol. The SMILES string of the molecule is O=C(NCc1cc(Br)cs1)C1CCCS1. The maximum Gasteiger partial charge on any atom is 0.233 e. The summed E-state index contributed by atoms with van der Waals surface area (Å²) in [6.45, 7) is 0.659. The Hall–Kier alpha value is -0.000000000000000111. The van der Waals surface area contributed by atoms with E-state index in [2.05, 4.69) is 21.2 Å². The third kappa shape index (κ3) is 3.23. The number of hydrogen-bond donors (Lipinski definition) is 1. The molecule has 0 radical (unpaired) electrons. The van der Waals surface area contributed by atoms with E-state index in [4.69, 9.17) is 0 Å². The van der Waals surface area contributed by atoms with Gasteiger partial charge in [0.15, 0.2) is 0 Å². The molecule has 15 heavy (non-hydrogen) atoms. The van der Waals surface area contributed by atoms with Crippen LogP contribution >= 0.6 is 39.0 Å². The first-order valence-corrected chi connectivity index (χ1v) is 7.60. The van der Waals surface area contributed by atoms with Crippen molar-refractivity contribution < 1.29 is 4.79 Å². The number of amides is 1. The quantitative estimate of drug-likeness (QED) is 0.930. The Bertz CT molecular complexity index is 347. The first-order chi connectivity index (χ1) is 7.25. The summed E-state index contributed by atoms with van der Waals surface area (Å²) < 4.78 is 1.09. The highest BCUT2D eigenvalue weighted by molar-refractivity contribution is 9.10. The third-order valence-electron chi connectivity index (χ3n) is 2.28. The van der Waals surface area contributed by atoms with Gasteiger partial charge in [0, 0.05) is 14.7 Å². The molecule has 5 heteroatoms. The normalized spacial score (nSPS) is 20.5. The molecular weight excluding hydrogens is 294 g/mol. The largest absolute Gasteiger partial charge is 0.350 e. The smallest absolute Gasteiger partial charge is 0.233 e. The fourth-order valence-corrected chi connectivity index (χ4v) is 4.10. The molecule has 1 aliphatic heterocycles. The Labute approximate surface area is 106 Å². The standard InChI is InChI=1S/C10H12BrNOS2/c11-7-4-8(15-6-7)5-12-10(13)9-2-1-3-14-9/h4,6,9H,1-3,5H2,(H,12,13). The minimum Gasteiger partial charge on any atom is -0.350 e. The third-order valence-corrected chi connectivity index (χ3v) is 5.35. The van der Waals surface area contributed by atoms with Gasteiger partial charge in [-0.15, -0.1) is 23.1 Å². The summed E-state index contributed by atoms with van der Waals surface area (Å²) in [5.74, 6) is 1.32. The molecule has 1 atom stereocenters. The maximum absolute atomic E-state index is 11.7. The molecule has 1 N–H and O–H groups in total. The van der Waals surface area contributed by atoms with Crippen molar-refractivity contribution in [1.82, 2.24) is 5.32 Å². The Kier molecular flexibility index (Phi) is 4.11. The minimum absolute atomic E-state index is 0.188. The van der Waals surface area contributed by atoms with Crippen molar-refractivity contribution in [3.05, 3.63) is 20.8 Å². The van der Waals surface area contributed by atoms with Gasteiger partial charge in [-0.05, 0) is 40.6 Å². The Morgan fingerprint density at radius 2 is 2.53 bits per heavy atom. The summed E-state index contributed by atoms with van der Waals surface area (Å²) in [6, 6.07) is 2.05. The van der Waals surface area contributed by atoms with E-state index in [1.54, 1.807) is 23.1 Å². The topological polar surface area (TPSA) is 29.1 Å². The number of hydrogen-bond acceptors (Lipinski definition) is 3. The van der Waals surface area contributed by atoms with Gasteiger partial charge in [-0.1, -0.05) is 0 Å². The van der Waals surface area contributed by atoms with Crippen molar-refractivity contribution in [3.63, 3.8) is 0 Å². The van der Waals surface area contributed by atoms with Gasteiger partial charge in [-0.25, -0.2) is 0 Å². The van der Waals surface area contributed by atoms with E-state index in [1.807, 2.05) is 11.4 Å². The predicted molar refractivity (Wildman–Crippen MR) is 69.3 cm³/mol. The number of carbonyl (C=O) groups is 1. The van der Waals surface area contributed by atoms with Crippen LogP contribution in [-0.2, 0) is 11.3 Å². The number of carbonyl (C=O) groups excluding carboxylic acids is 1. The van der Waals surface area contributed by atoms with Crippen LogP contribution < -0.4 is 5.32 Å². The molecule has 1 unspecified atom stereocenters. The van der Waals surface area contributed by atoms with Crippen molar-refractivity contribution in [3.8, 4) is 0 Å². The number of thiophene rings is 1. The Morgan fingerprint density at radius 1 is 1.67 bits per heavy atom. The average molecular weight is 306 g/mol. The van der Waals surface area contributed by atoms with Gasteiger partial charge >= 0.3 is 0 Å². The zero-order chi connectivity index (χ0) is 10.7. The highest BCUT2D eigenvalue weighted by Crippen LogP contribution is 2.26. The van der Waals surface area contributed by atoms with Crippen molar-refractivity contribution in [2.75, 3.05) is 5.75 Å². The lowest BCUT2D eigenvalue weighted by atomic mass is 10.2. The van der Waals surface area contributed by atoms with Crippen LogP contribution in [0, 0.1) is 0 Å². The van der Waals surface area contributed by atoms with Crippen molar-refractivity contribution in [1.29, 1.82) is 0 Å². The fourth-order valence-electron chi connectivity index (χ4n) is 1.52. The van der Waals surface area contributed by atoms with Crippen molar-refractivity contribution >= 4 is 44.9 Å². The lowest BCUT2D eigenvalue weighted by Crippen LogP contribution is -2.30. The summed E-state index contributed by atoms with van der Waals surface area (Å²) in [5, 5.41) is 5.21. The predicted octanol–water partition coefficient (Wildman–Crippen LogP) is 3.02. The minimum atomic E-state index is 0.188. The molecule has 1 aromatic heterocycles.